The Morgan fingerprint density at radius 2 is 1.73 bits per heavy atom. The van der Waals surface area contributed by atoms with Crippen LogP contribution in [0.15, 0.2) is 71.9 Å². The zero-order chi connectivity index (χ0) is 23.2. The van der Waals surface area contributed by atoms with Gasteiger partial charge in [-0.1, -0.05) is 66.4 Å². The van der Waals surface area contributed by atoms with E-state index in [2.05, 4.69) is 20.6 Å². The van der Waals surface area contributed by atoms with Crippen molar-refractivity contribution >= 4 is 35.6 Å². The summed E-state index contributed by atoms with van der Waals surface area (Å²) >= 11 is 1.27. The Morgan fingerprint density at radius 3 is 2.45 bits per heavy atom. The van der Waals surface area contributed by atoms with Gasteiger partial charge in [0.15, 0.2) is 5.78 Å². The molecule has 7 nitrogen and oxygen atoms in total. The van der Waals surface area contributed by atoms with Crippen LogP contribution in [0.2, 0.25) is 0 Å². The second kappa shape index (κ2) is 10.1. The average Bonchev–Trinajstić information content (AvgIpc) is 3.42. The number of carbonyl (C=O) groups excluding carboxylic acids is 2. The number of aromatic nitrogens is 4. The van der Waals surface area contributed by atoms with Crippen LogP contribution in [-0.2, 0) is 0 Å². The molecule has 33 heavy (non-hydrogen) atoms. The molecule has 8 heteroatoms. The van der Waals surface area contributed by atoms with Gasteiger partial charge in [-0.25, -0.2) is 4.98 Å². The first-order valence-corrected chi connectivity index (χ1v) is 11.4. The second-order valence-electron chi connectivity index (χ2n) is 7.39. The topological polar surface area (TPSA) is 92.7 Å². The van der Waals surface area contributed by atoms with Crippen molar-refractivity contribution in [3.63, 3.8) is 0 Å². The van der Waals surface area contributed by atoms with Gasteiger partial charge in [-0.3, -0.25) is 24.8 Å². The van der Waals surface area contributed by atoms with Gasteiger partial charge in [-0.05, 0) is 43.7 Å². The first-order valence-electron chi connectivity index (χ1n) is 10.4. The van der Waals surface area contributed by atoms with Crippen LogP contribution in [0.5, 0.6) is 0 Å². The number of hydrogen-bond acceptors (Lipinski definition) is 5. The molecule has 0 unspecified atom stereocenters. The van der Waals surface area contributed by atoms with Gasteiger partial charge in [-0.2, -0.15) is 0 Å². The monoisotopic (exact) mass is 457 g/mol. The van der Waals surface area contributed by atoms with E-state index in [1.54, 1.807) is 22.9 Å². The first-order chi connectivity index (χ1) is 16.0. The zero-order valence-electron chi connectivity index (χ0n) is 18.3. The number of nitrogens with zero attached hydrogens (tertiary/aromatic N) is 3. The second-order valence-corrected chi connectivity index (χ2v) is 8.33. The summed E-state index contributed by atoms with van der Waals surface area (Å²) in [5.41, 5.74) is 6.49. The number of aryl methyl sites for hydroxylation is 1. The minimum atomic E-state index is -0.234. The van der Waals surface area contributed by atoms with Crippen molar-refractivity contribution in [1.29, 1.82) is 0 Å². The van der Waals surface area contributed by atoms with Gasteiger partial charge < -0.3 is 0 Å². The number of H-pyrrole nitrogens is 1. The Balaban J connectivity index is 1.38. The van der Waals surface area contributed by atoms with E-state index in [1.165, 1.54) is 11.8 Å². The standard InChI is InChI=1S/C25H23N5O2S/c1-17-15-21(18(2)30(17)29-24(32)20-11-7-4-8-12-20)22(31)16-33-25-26-23(27-28-25)14-13-19-9-5-3-6-10-19/h3-15H,16H2,1-2H3,(H,29,32)(H,26,27,28)/b14-13+. The molecule has 0 aliphatic rings. The summed E-state index contributed by atoms with van der Waals surface area (Å²) in [4.78, 5) is 29.8. The number of aromatic amines is 1. The molecule has 0 atom stereocenters. The predicted molar refractivity (Wildman–Crippen MR) is 131 cm³/mol. The van der Waals surface area contributed by atoms with Crippen molar-refractivity contribution in [2.75, 3.05) is 11.2 Å². The minimum Gasteiger partial charge on any atom is -0.293 e. The molecule has 0 saturated carbocycles. The highest BCUT2D eigenvalue weighted by Gasteiger charge is 2.18. The maximum absolute atomic E-state index is 12.9. The largest absolute Gasteiger partial charge is 0.293 e. The number of nitrogens with one attached hydrogen (secondary N) is 2. The molecule has 4 aromatic rings. The van der Waals surface area contributed by atoms with Crippen LogP contribution in [0.1, 0.15) is 43.5 Å². The molecule has 0 saturated heterocycles. The smallest absolute Gasteiger partial charge is 0.270 e. The van der Waals surface area contributed by atoms with Gasteiger partial charge in [-0.15, -0.1) is 5.10 Å². The van der Waals surface area contributed by atoms with E-state index in [0.717, 1.165) is 11.3 Å². The SMILES string of the molecule is Cc1cc(C(=O)CSc2n[nH]c(/C=C/c3ccccc3)n2)c(C)n1NC(=O)c1ccccc1. The van der Waals surface area contributed by atoms with Crippen LogP contribution in [0.3, 0.4) is 0 Å². The summed E-state index contributed by atoms with van der Waals surface area (Å²) in [5.74, 6) is 0.522. The van der Waals surface area contributed by atoms with Crippen LogP contribution in [0.4, 0.5) is 0 Å². The van der Waals surface area contributed by atoms with Gasteiger partial charge in [0.25, 0.3) is 5.91 Å². The lowest BCUT2D eigenvalue weighted by Crippen LogP contribution is -2.25. The highest BCUT2D eigenvalue weighted by atomic mass is 32.2. The fourth-order valence-electron chi connectivity index (χ4n) is 3.32. The molecule has 1 amide bonds. The molecule has 2 heterocycles. The molecule has 2 aromatic heterocycles. The zero-order valence-corrected chi connectivity index (χ0v) is 19.1. The quantitative estimate of drug-likeness (QED) is 0.294. The summed E-state index contributed by atoms with van der Waals surface area (Å²) in [7, 11) is 0. The third-order valence-electron chi connectivity index (χ3n) is 5.03. The predicted octanol–water partition coefficient (Wildman–Crippen LogP) is 4.75. The van der Waals surface area contributed by atoms with E-state index in [9.17, 15) is 9.59 Å². The number of carbonyl (C=O) groups is 2. The normalized spacial score (nSPS) is 11.1. The number of thioether (sulfide) groups is 1. The Bertz CT molecular complexity index is 1290. The van der Waals surface area contributed by atoms with E-state index >= 15 is 0 Å². The summed E-state index contributed by atoms with van der Waals surface area (Å²) in [5, 5.41) is 7.55. The summed E-state index contributed by atoms with van der Waals surface area (Å²) < 4.78 is 1.65. The molecule has 0 aliphatic heterocycles. The Hall–Kier alpha value is -3.91. The molecule has 166 valence electrons. The van der Waals surface area contributed by atoms with Crippen molar-refractivity contribution in [2.24, 2.45) is 0 Å². The fourth-order valence-corrected chi connectivity index (χ4v) is 4.01. The average molecular weight is 458 g/mol. The molecule has 0 aliphatic carbocycles. The number of rotatable bonds is 8. The van der Waals surface area contributed by atoms with Crippen molar-refractivity contribution < 1.29 is 9.59 Å². The van der Waals surface area contributed by atoms with E-state index < -0.39 is 0 Å². The highest BCUT2D eigenvalue weighted by Crippen LogP contribution is 2.20. The third-order valence-corrected chi connectivity index (χ3v) is 5.88. The van der Waals surface area contributed by atoms with Crippen LogP contribution in [-0.4, -0.2) is 37.3 Å². The number of Topliss-reactive ketones (excluding diaryl/α,β-unsaturated/α-hetero) is 1. The Morgan fingerprint density at radius 1 is 1.03 bits per heavy atom. The van der Waals surface area contributed by atoms with Crippen molar-refractivity contribution in [2.45, 2.75) is 19.0 Å². The molecule has 2 aromatic carbocycles. The molecule has 0 fully saturated rings. The number of benzene rings is 2. The number of amides is 1. The van der Waals surface area contributed by atoms with Crippen molar-refractivity contribution in [1.82, 2.24) is 19.9 Å². The molecule has 4 rings (SSSR count). The maximum Gasteiger partial charge on any atom is 0.270 e. The van der Waals surface area contributed by atoms with Crippen molar-refractivity contribution in [3.8, 4) is 0 Å². The summed E-state index contributed by atoms with van der Waals surface area (Å²) in [6.07, 6.45) is 3.79. The third kappa shape index (κ3) is 5.48. The van der Waals surface area contributed by atoms with Gasteiger partial charge in [0.1, 0.15) is 5.82 Å². The highest BCUT2D eigenvalue weighted by molar-refractivity contribution is 7.99. The maximum atomic E-state index is 12.9. The number of hydrogen-bond donors (Lipinski definition) is 2. The fraction of sp³-hybridized carbons (Fsp3) is 0.120. The van der Waals surface area contributed by atoms with Gasteiger partial charge in [0, 0.05) is 22.5 Å². The first kappa shape index (κ1) is 22.3. The van der Waals surface area contributed by atoms with Crippen LogP contribution >= 0.6 is 11.8 Å². The van der Waals surface area contributed by atoms with Gasteiger partial charge in [0.05, 0.1) is 5.75 Å². The van der Waals surface area contributed by atoms with Crippen molar-refractivity contribution in [3.05, 3.63) is 101 Å². The van der Waals surface area contributed by atoms with Gasteiger partial charge >= 0.3 is 0 Å². The van der Waals surface area contributed by atoms with Crippen LogP contribution < -0.4 is 5.43 Å². The lowest BCUT2D eigenvalue weighted by Gasteiger charge is -2.11. The molecule has 0 radical (unpaired) electrons. The van der Waals surface area contributed by atoms with Crippen LogP contribution in [0, 0.1) is 13.8 Å². The lowest BCUT2D eigenvalue weighted by molar-refractivity contribution is 0.0999. The van der Waals surface area contributed by atoms with E-state index in [-0.39, 0.29) is 17.4 Å². The van der Waals surface area contributed by atoms with E-state index in [1.807, 2.05) is 74.5 Å². The summed E-state index contributed by atoms with van der Waals surface area (Å²) in [6, 6.07) is 20.6. The molecule has 0 bridgehead atoms. The summed E-state index contributed by atoms with van der Waals surface area (Å²) in [6.45, 7) is 3.66. The van der Waals surface area contributed by atoms with Crippen LogP contribution in [0.25, 0.3) is 12.2 Å². The number of ketones is 1. The lowest BCUT2D eigenvalue weighted by atomic mass is 10.2. The van der Waals surface area contributed by atoms with E-state index in [4.69, 9.17) is 0 Å². The van der Waals surface area contributed by atoms with E-state index in [0.29, 0.717) is 27.8 Å². The molecular formula is C25H23N5O2S. The molecule has 0 spiro atoms. The molecular weight excluding hydrogens is 434 g/mol. The Labute approximate surface area is 195 Å². The van der Waals surface area contributed by atoms with Gasteiger partial charge in [0.2, 0.25) is 5.16 Å². The molecule has 2 N–H and O–H groups in total. The Kier molecular flexibility index (Phi) is 6.85. The minimum absolute atomic E-state index is 0.0560.